The van der Waals surface area contributed by atoms with Crippen molar-refractivity contribution in [2.24, 2.45) is 17.4 Å². The highest BCUT2D eigenvalue weighted by Gasteiger charge is 2.25. The summed E-state index contributed by atoms with van der Waals surface area (Å²) in [5.41, 5.74) is 11.3. The van der Waals surface area contributed by atoms with E-state index >= 15 is 0 Å². The van der Waals surface area contributed by atoms with Gasteiger partial charge in [0.2, 0.25) is 11.8 Å². The first-order valence-corrected chi connectivity index (χ1v) is 5.15. The molecular formula is C12H16N2O2. The average Bonchev–Trinajstić information content (AvgIpc) is 2.26. The van der Waals surface area contributed by atoms with Crippen molar-refractivity contribution >= 4 is 11.8 Å². The van der Waals surface area contributed by atoms with Crippen molar-refractivity contribution in [3.8, 4) is 0 Å². The van der Waals surface area contributed by atoms with Crippen LogP contribution in [0.5, 0.6) is 0 Å². The van der Waals surface area contributed by atoms with E-state index in [1.807, 2.05) is 30.3 Å². The molecule has 1 aromatic rings. The lowest BCUT2D eigenvalue weighted by molar-refractivity contribution is -0.123. The third-order valence-electron chi connectivity index (χ3n) is 2.70. The maximum Gasteiger partial charge on any atom is 0.220 e. The summed E-state index contributed by atoms with van der Waals surface area (Å²) in [6.45, 7) is 1.71. The molecule has 1 rings (SSSR count). The van der Waals surface area contributed by atoms with Gasteiger partial charge in [-0.15, -0.1) is 0 Å². The molecule has 0 aliphatic rings. The maximum absolute atomic E-state index is 11.2. The van der Waals surface area contributed by atoms with Crippen LogP contribution in [0, 0.1) is 5.92 Å². The van der Waals surface area contributed by atoms with Crippen molar-refractivity contribution in [1.82, 2.24) is 0 Å². The first-order chi connectivity index (χ1) is 7.52. The molecule has 2 amide bonds. The number of carbonyl (C=O) groups excluding carboxylic acids is 2. The van der Waals surface area contributed by atoms with Crippen LogP contribution < -0.4 is 11.5 Å². The van der Waals surface area contributed by atoms with Crippen LogP contribution in [-0.4, -0.2) is 11.8 Å². The van der Waals surface area contributed by atoms with Gasteiger partial charge in [0.1, 0.15) is 0 Å². The predicted molar refractivity (Wildman–Crippen MR) is 61.4 cm³/mol. The average molecular weight is 220 g/mol. The number of nitrogens with two attached hydrogens (primary N) is 2. The van der Waals surface area contributed by atoms with E-state index < -0.39 is 17.7 Å². The number of carbonyl (C=O) groups is 2. The number of hydrogen-bond donors (Lipinski definition) is 2. The number of amides is 2. The molecule has 4 nitrogen and oxygen atoms in total. The Morgan fingerprint density at radius 2 is 1.75 bits per heavy atom. The predicted octanol–water partition coefficient (Wildman–Crippen LogP) is 0.767. The van der Waals surface area contributed by atoms with Gasteiger partial charge in [0, 0.05) is 18.3 Å². The van der Waals surface area contributed by atoms with E-state index in [0.29, 0.717) is 0 Å². The molecular weight excluding hydrogens is 204 g/mol. The molecule has 0 heterocycles. The number of benzene rings is 1. The van der Waals surface area contributed by atoms with Crippen molar-refractivity contribution in [2.45, 2.75) is 19.3 Å². The molecule has 16 heavy (non-hydrogen) atoms. The van der Waals surface area contributed by atoms with Gasteiger partial charge in [-0.3, -0.25) is 9.59 Å². The first-order valence-electron chi connectivity index (χ1n) is 5.15. The zero-order valence-electron chi connectivity index (χ0n) is 9.22. The monoisotopic (exact) mass is 220 g/mol. The Bertz CT molecular complexity index is 376. The van der Waals surface area contributed by atoms with Gasteiger partial charge in [0.25, 0.3) is 0 Å². The molecule has 0 saturated carbocycles. The third-order valence-corrected chi connectivity index (χ3v) is 2.70. The Morgan fingerprint density at radius 3 is 2.19 bits per heavy atom. The molecule has 4 N–H and O–H groups in total. The molecule has 0 fully saturated rings. The summed E-state index contributed by atoms with van der Waals surface area (Å²) >= 11 is 0. The summed E-state index contributed by atoms with van der Waals surface area (Å²) in [6.07, 6.45) is 0.133. The Labute approximate surface area is 94.6 Å². The Kier molecular flexibility index (Phi) is 4.05. The largest absolute Gasteiger partial charge is 0.370 e. The summed E-state index contributed by atoms with van der Waals surface area (Å²) in [7, 11) is 0. The normalized spacial score (nSPS) is 14.1. The van der Waals surface area contributed by atoms with Crippen LogP contribution >= 0.6 is 0 Å². The second-order valence-electron chi connectivity index (χ2n) is 3.88. The molecule has 0 radical (unpaired) electrons. The molecule has 1 aromatic carbocycles. The van der Waals surface area contributed by atoms with Gasteiger partial charge in [0.15, 0.2) is 0 Å². The lowest BCUT2D eigenvalue weighted by Gasteiger charge is -2.20. The molecule has 0 spiro atoms. The first kappa shape index (κ1) is 12.2. The third kappa shape index (κ3) is 3.08. The number of rotatable bonds is 5. The molecule has 2 atom stereocenters. The van der Waals surface area contributed by atoms with Crippen molar-refractivity contribution in [2.75, 3.05) is 0 Å². The molecule has 0 aliphatic heterocycles. The van der Waals surface area contributed by atoms with Crippen LogP contribution in [0.25, 0.3) is 0 Å². The second-order valence-corrected chi connectivity index (χ2v) is 3.88. The van der Waals surface area contributed by atoms with Crippen LogP contribution in [-0.2, 0) is 9.59 Å². The SMILES string of the molecule is CC(C(N)=O)C(CC(N)=O)c1ccccc1. The van der Waals surface area contributed by atoms with Crippen molar-refractivity contribution < 1.29 is 9.59 Å². The Hall–Kier alpha value is -1.84. The van der Waals surface area contributed by atoms with Crippen LogP contribution in [0.1, 0.15) is 24.8 Å². The van der Waals surface area contributed by atoms with Crippen molar-refractivity contribution in [1.29, 1.82) is 0 Å². The van der Waals surface area contributed by atoms with Gasteiger partial charge in [0.05, 0.1) is 0 Å². The highest BCUT2D eigenvalue weighted by Crippen LogP contribution is 2.27. The molecule has 0 aromatic heterocycles. The smallest absolute Gasteiger partial charge is 0.220 e. The highest BCUT2D eigenvalue weighted by atomic mass is 16.1. The Morgan fingerprint density at radius 1 is 1.19 bits per heavy atom. The Balaban J connectivity index is 2.96. The minimum atomic E-state index is -0.429. The number of hydrogen-bond acceptors (Lipinski definition) is 2. The van der Waals surface area contributed by atoms with Gasteiger partial charge in [-0.2, -0.15) is 0 Å². The summed E-state index contributed by atoms with van der Waals surface area (Å²) in [5.74, 6) is -1.50. The van der Waals surface area contributed by atoms with Crippen LogP contribution in [0.15, 0.2) is 30.3 Å². The van der Waals surface area contributed by atoms with Gasteiger partial charge in [-0.1, -0.05) is 37.3 Å². The van der Waals surface area contributed by atoms with E-state index in [2.05, 4.69) is 0 Å². The fourth-order valence-corrected chi connectivity index (χ4v) is 1.70. The molecule has 0 saturated heterocycles. The number of primary amides is 2. The van der Waals surface area contributed by atoms with Gasteiger partial charge in [-0.25, -0.2) is 0 Å². The van der Waals surface area contributed by atoms with Crippen LogP contribution in [0.4, 0.5) is 0 Å². The zero-order valence-corrected chi connectivity index (χ0v) is 9.22. The summed E-state index contributed by atoms with van der Waals surface area (Å²) in [6, 6.07) is 9.33. The standard InChI is InChI=1S/C12H16N2O2/c1-8(12(14)16)10(7-11(13)15)9-5-3-2-4-6-9/h2-6,8,10H,7H2,1H3,(H2,13,15)(H2,14,16). The summed E-state index contributed by atoms with van der Waals surface area (Å²) in [4.78, 5) is 22.1. The van der Waals surface area contributed by atoms with Crippen molar-refractivity contribution in [3.05, 3.63) is 35.9 Å². The van der Waals surface area contributed by atoms with E-state index in [0.717, 1.165) is 5.56 Å². The van der Waals surface area contributed by atoms with E-state index in [9.17, 15) is 9.59 Å². The van der Waals surface area contributed by atoms with Gasteiger partial charge in [-0.05, 0) is 5.56 Å². The van der Waals surface area contributed by atoms with Gasteiger partial charge < -0.3 is 11.5 Å². The maximum atomic E-state index is 11.2. The van der Waals surface area contributed by atoms with E-state index in [1.165, 1.54) is 0 Å². The molecule has 0 aliphatic carbocycles. The summed E-state index contributed by atoms with van der Waals surface area (Å²) in [5, 5.41) is 0. The lowest BCUT2D eigenvalue weighted by atomic mass is 9.84. The fourth-order valence-electron chi connectivity index (χ4n) is 1.70. The summed E-state index contributed by atoms with van der Waals surface area (Å²) < 4.78 is 0. The quantitative estimate of drug-likeness (QED) is 0.767. The minimum Gasteiger partial charge on any atom is -0.370 e. The fraction of sp³-hybridized carbons (Fsp3) is 0.333. The topological polar surface area (TPSA) is 86.2 Å². The molecule has 86 valence electrons. The second kappa shape index (κ2) is 5.30. The van der Waals surface area contributed by atoms with E-state index in [4.69, 9.17) is 11.5 Å². The van der Waals surface area contributed by atoms with E-state index in [1.54, 1.807) is 6.92 Å². The van der Waals surface area contributed by atoms with Crippen molar-refractivity contribution in [3.63, 3.8) is 0 Å². The van der Waals surface area contributed by atoms with E-state index in [-0.39, 0.29) is 12.3 Å². The van der Waals surface area contributed by atoms with Crippen LogP contribution in [0.2, 0.25) is 0 Å². The molecule has 0 bridgehead atoms. The highest BCUT2D eigenvalue weighted by molar-refractivity contribution is 5.80. The minimum absolute atomic E-state index is 0.133. The van der Waals surface area contributed by atoms with Crippen LogP contribution in [0.3, 0.4) is 0 Å². The molecule has 4 heteroatoms. The van der Waals surface area contributed by atoms with Gasteiger partial charge >= 0.3 is 0 Å². The molecule has 2 unspecified atom stereocenters. The zero-order chi connectivity index (χ0) is 12.1. The lowest BCUT2D eigenvalue weighted by Crippen LogP contribution is -2.29.